The molecule has 1 atom stereocenters. The van der Waals surface area contributed by atoms with Gasteiger partial charge in [-0.25, -0.2) is 4.79 Å². The summed E-state index contributed by atoms with van der Waals surface area (Å²) in [4.78, 5) is 29.3. The second kappa shape index (κ2) is 8.25. The van der Waals surface area contributed by atoms with Crippen molar-refractivity contribution in [3.05, 3.63) is 64.7 Å². The van der Waals surface area contributed by atoms with Crippen molar-refractivity contribution in [2.75, 3.05) is 37.6 Å². The first-order chi connectivity index (χ1) is 14.1. The van der Waals surface area contributed by atoms with E-state index >= 15 is 0 Å². The lowest BCUT2D eigenvalue weighted by Crippen LogP contribution is -2.48. The number of nitrogens with one attached hydrogen (secondary N) is 2. The summed E-state index contributed by atoms with van der Waals surface area (Å²) < 4.78 is 0. The highest BCUT2D eigenvalue weighted by Crippen LogP contribution is 2.29. The van der Waals surface area contributed by atoms with Gasteiger partial charge < -0.3 is 15.5 Å². The number of carbonyl (C=O) groups excluding carboxylic acids is 2. The zero-order valence-electron chi connectivity index (χ0n) is 17.1. The minimum absolute atomic E-state index is 0.000275. The molecule has 0 saturated carbocycles. The number of piperazine rings is 1. The summed E-state index contributed by atoms with van der Waals surface area (Å²) in [5.74, 6) is 0.0232. The van der Waals surface area contributed by atoms with Gasteiger partial charge in [0.2, 0.25) is 0 Å². The molecule has 0 radical (unpaired) electrons. The molecule has 2 fully saturated rings. The standard InChI is InChI=1S/C23H28N4O2/c1-3-17-7-9-18(10-8-17)21-15-24-11-13-26(21)22(28)19-5-4-6-20(16(19)2)27-14-12-25-23(27)29/h4-10,21,24H,3,11-15H2,1-2H3,(H,25,29). The number of hydrogen-bond donors (Lipinski definition) is 2. The van der Waals surface area contributed by atoms with Gasteiger partial charge in [-0.1, -0.05) is 37.3 Å². The molecular weight excluding hydrogens is 364 g/mol. The first-order valence-corrected chi connectivity index (χ1v) is 10.4. The maximum atomic E-state index is 13.6. The smallest absolute Gasteiger partial charge is 0.322 e. The Balaban J connectivity index is 1.64. The molecule has 29 heavy (non-hydrogen) atoms. The number of benzene rings is 2. The molecule has 3 amide bonds. The maximum Gasteiger partial charge on any atom is 0.322 e. The molecule has 2 heterocycles. The lowest BCUT2D eigenvalue weighted by Gasteiger charge is -2.37. The van der Waals surface area contributed by atoms with Crippen LogP contribution in [-0.2, 0) is 6.42 Å². The maximum absolute atomic E-state index is 13.6. The number of hydrogen-bond acceptors (Lipinski definition) is 3. The van der Waals surface area contributed by atoms with Crippen LogP contribution in [0.1, 0.15) is 40.0 Å². The van der Waals surface area contributed by atoms with E-state index in [1.165, 1.54) is 5.56 Å². The molecule has 0 bridgehead atoms. The van der Waals surface area contributed by atoms with Crippen molar-refractivity contribution in [3.63, 3.8) is 0 Å². The molecule has 2 aromatic rings. The van der Waals surface area contributed by atoms with Crippen LogP contribution >= 0.6 is 0 Å². The Labute approximate surface area is 171 Å². The predicted molar refractivity (Wildman–Crippen MR) is 114 cm³/mol. The Morgan fingerprint density at radius 2 is 1.90 bits per heavy atom. The van der Waals surface area contributed by atoms with Crippen LogP contribution in [0.5, 0.6) is 0 Å². The van der Waals surface area contributed by atoms with Crippen LogP contribution in [0.2, 0.25) is 0 Å². The normalized spacial score (nSPS) is 19.4. The lowest BCUT2D eigenvalue weighted by molar-refractivity contribution is 0.0633. The van der Waals surface area contributed by atoms with Gasteiger partial charge in [-0.05, 0) is 42.2 Å². The van der Waals surface area contributed by atoms with E-state index in [1.54, 1.807) is 4.90 Å². The molecule has 2 aliphatic heterocycles. The van der Waals surface area contributed by atoms with E-state index < -0.39 is 0 Å². The Kier molecular flexibility index (Phi) is 5.53. The summed E-state index contributed by atoms with van der Waals surface area (Å²) in [5, 5.41) is 6.25. The van der Waals surface area contributed by atoms with Gasteiger partial charge in [0.05, 0.1) is 6.04 Å². The van der Waals surface area contributed by atoms with E-state index in [0.29, 0.717) is 25.2 Å². The van der Waals surface area contributed by atoms with Gasteiger partial charge in [0, 0.05) is 44.0 Å². The minimum atomic E-state index is -0.103. The Bertz CT molecular complexity index is 910. The monoisotopic (exact) mass is 392 g/mol. The lowest BCUT2D eigenvalue weighted by atomic mass is 9.98. The Morgan fingerprint density at radius 1 is 1.10 bits per heavy atom. The molecule has 2 aliphatic rings. The fraction of sp³-hybridized carbons (Fsp3) is 0.391. The van der Waals surface area contributed by atoms with E-state index in [0.717, 1.165) is 36.3 Å². The zero-order chi connectivity index (χ0) is 20.4. The van der Waals surface area contributed by atoms with Crippen LogP contribution < -0.4 is 15.5 Å². The average Bonchev–Trinajstić information content (AvgIpc) is 3.19. The fourth-order valence-electron chi connectivity index (χ4n) is 4.22. The van der Waals surface area contributed by atoms with Crippen molar-refractivity contribution in [2.24, 2.45) is 0 Å². The van der Waals surface area contributed by atoms with Crippen molar-refractivity contribution < 1.29 is 9.59 Å². The molecule has 2 saturated heterocycles. The van der Waals surface area contributed by atoms with Crippen molar-refractivity contribution in [1.82, 2.24) is 15.5 Å². The van der Waals surface area contributed by atoms with E-state index in [4.69, 9.17) is 0 Å². The summed E-state index contributed by atoms with van der Waals surface area (Å²) in [5.41, 5.74) is 4.77. The zero-order valence-corrected chi connectivity index (χ0v) is 17.1. The fourth-order valence-corrected chi connectivity index (χ4v) is 4.22. The molecule has 0 spiro atoms. The third-order valence-electron chi connectivity index (χ3n) is 5.96. The number of anilines is 1. The van der Waals surface area contributed by atoms with Gasteiger partial charge in [-0.2, -0.15) is 0 Å². The van der Waals surface area contributed by atoms with Gasteiger partial charge in [0.15, 0.2) is 0 Å². The van der Waals surface area contributed by atoms with Crippen LogP contribution in [0.15, 0.2) is 42.5 Å². The van der Waals surface area contributed by atoms with Crippen LogP contribution in [0, 0.1) is 6.92 Å². The number of amides is 3. The summed E-state index contributed by atoms with van der Waals surface area (Å²) in [6.45, 7) is 7.51. The summed E-state index contributed by atoms with van der Waals surface area (Å²) in [7, 11) is 0. The number of aryl methyl sites for hydroxylation is 1. The quantitative estimate of drug-likeness (QED) is 0.841. The molecule has 0 aliphatic carbocycles. The third-order valence-corrected chi connectivity index (χ3v) is 5.96. The Hall–Kier alpha value is -2.86. The van der Waals surface area contributed by atoms with Gasteiger partial charge in [-0.15, -0.1) is 0 Å². The van der Waals surface area contributed by atoms with Crippen LogP contribution in [0.4, 0.5) is 10.5 Å². The molecule has 2 N–H and O–H groups in total. The topological polar surface area (TPSA) is 64.7 Å². The van der Waals surface area contributed by atoms with E-state index in [1.807, 2.05) is 30.0 Å². The minimum Gasteiger partial charge on any atom is -0.336 e. The van der Waals surface area contributed by atoms with Crippen LogP contribution in [-0.4, -0.2) is 49.6 Å². The van der Waals surface area contributed by atoms with Gasteiger partial charge in [-0.3, -0.25) is 9.69 Å². The van der Waals surface area contributed by atoms with Crippen molar-refractivity contribution >= 4 is 17.6 Å². The highest BCUT2D eigenvalue weighted by Gasteiger charge is 2.31. The largest absolute Gasteiger partial charge is 0.336 e. The highest BCUT2D eigenvalue weighted by molar-refractivity contribution is 6.00. The highest BCUT2D eigenvalue weighted by atomic mass is 16.2. The second-order valence-corrected chi connectivity index (χ2v) is 7.65. The molecule has 6 heteroatoms. The molecule has 6 nitrogen and oxygen atoms in total. The van der Waals surface area contributed by atoms with Crippen molar-refractivity contribution in [3.8, 4) is 0 Å². The summed E-state index contributed by atoms with van der Waals surface area (Å²) >= 11 is 0. The van der Waals surface area contributed by atoms with Gasteiger partial charge in [0.1, 0.15) is 0 Å². The first-order valence-electron chi connectivity index (χ1n) is 10.4. The summed E-state index contributed by atoms with van der Waals surface area (Å²) in [6.07, 6.45) is 1.00. The van der Waals surface area contributed by atoms with Crippen LogP contribution in [0.25, 0.3) is 0 Å². The van der Waals surface area contributed by atoms with E-state index in [9.17, 15) is 9.59 Å². The molecule has 1 unspecified atom stereocenters. The molecule has 152 valence electrons. The van der Waals surface area contributed by atoms with Gasteiger partial charge >= 0.3 is 6.03 Å². The van der Waals surface area contributed by atoms with Gasteiger partial charge in [0.25, 0.3) is 5.91 Å². The summed E-state index contributed by atoms with van der Waals surface area (Å²) in [6, 6.07) is 14.1. The number of rotatable bonds is 4. The Morgan fingerprint density at radius 3 is 2.59 bits per heavy atom. The molecule has 0 aromatic heterocycles. The predicted octanol–water partition coefficient (Wildman–Crippen LogP) is 2.87. The van der Waals surface area contributed by atoms with Crippen LogP contribution in [0.3, 0.4) is 0 Å². The van der Waals surface area contributed by atoms with E-state index in [2.05, 4.69) is 41.8 Å². The first kappa shape index (κ1) is 19.5. The number of urea groups is 1. The SMILES string of the molecule is CCc1ccc(C2CNCCN2C(=O)c2cccc(N3CCNC3=O)c2C)cc1. The molecule has 4 rings (SSSR count). The average molecular weight is 393 g/mol. The second-order valence-electron chi connectivity index (χ2n) is 7.65. The number of carbonyl (C=O) groups is 2. The van der Waals surface area contributed by atoms with E-state index in [-0.39, 0.29) is 18.0 Å². The molecular formula is C23H28N4O2. The number of nitrogens with zero attached hydrogens (tertiary/aromatic N) is 2. The van der Waals surface area contributed by atoms with Crippen molar-refractivity contribution in [1.29, 1.82) is 0 Å². The third kappa shape index (κ3) is 3.72. The molecule has 2 aromatic carbocycles. The van der Waals surface area contributed by atoms with Crippen molar-refractivity contribution in [2.45, 2.75) is 26.3 Å².